The molecule has 1 saturated heterocycles. The lowest BCUT2D eigenvalue weighted by molar-refractivity contribution is -0.145. The van der Waals surface area contributed by atoms with Crippen molar-refractivity contribution in [2.75, 3.05) is 7.11 Å². The van der Waals surface area contributed by atoms with E-state index in [2.05, 4.69) is 5.32 Å². The Bertz CT molecular complexity index is 1200. The molecule has 38 heavy (non-hydrogen) atoms. The van der Waals surface area contributed by atoms with Crippen molar-refractivity contribution in [3.05, 3.63) is 71.3 Å². The monoisotopic (exact) mass is 530 g/mol. The summed E-state index contributed by atoms with van der Waals surface area (Å²) in [6.07, 6.45) is 0.315. The van der Waals surface area contributed by atoms with Crippen molar-refractivity contribution in [1.29, 1.82) is 0 Å². The minimum absolute atomic E-state index is 0.0165. The van der Waals surface area contributed by atoms with Crippen LogP contribution in [0.5, 0.6) is 0 Å². The largest absolute Gasteiger partial charge is 0.467 e. The van der Waals surface area contributed by atoms with Gasteiger partial charge in [-0.25, -0.2) is 13.6 Å². The number of ether oxygens (including phenoxy) is 1. The van der Waals surface area contributed by atoms with Crippen LogP contribution in [0.4, 0.5) is 8.78 Å². The highest BCUT2D eigenvalue weighted by atomic mass is 19.2. The fraction of sp³-hybridized carbons (Fsp3) is 0.429. The Kier molecular flexibility index (Phi) is 9.40. The summed E-state index contributed by atoms with van der Waals surface area (Å²) < 4.78 is 41.2. The van der Waals surface area contributed by atoms with Gasteiger partial charge in [-0.15, -0.1) is 0 Å². The summed E-state index contributed by atoms with van der Waals surface area (Å²) in [5.74, 6) is -4.96. The molecule has 2 aromatic carbocycles. The van der Waals surface area contributed by atoms with E-state index in [1.807, 2.05) is 6.07 Å². The van der Waals surface area contributed by atoms with Crippen LogP contribution in [-0.4, -0.2) is 53.8 Å². The molecule has 0 aromatic heterocycles. The van der Waals surface area contributed by atoms with Crippen LogP contribution in [0.25, 0.3) is 0 Å². The minimum Gasteiger partial charge on any atom is -0.467 e. The maximum absolute atomic E-state index is 14.2. The average Bonchev–Trinajstić information content (AvgIpc) is 3.24. The molecule has 1 aliphatic heterocycles. The molecule has 204 valence electrons. The number of nitrogens with zero attached hydrogens (tertiary/aromatic N) is 1. The van der Waals surface area contributed by atoms with Gasteiger partial charge in [-0.3, -0.25) is 14.4 Å². The first-order valence-corrected chi connectivity index (χ1v) is 12.5. The van der Waals surface area contributed by atoms with E-state index in [9.17, 15) is 28.0 Å². The summed E-state index contributed by atoms with van der Waals surface area (Å²) >= 11 is 0. The van der Waals surface area contributed by atoms with Crippen molar-refractivity contribution in [2.24, 2.45) is 5.92 Å². The van der Waals surface area contributed by atoms with Crippen LogP contribution in [-0.2, 0) is 36.9 Å². The fourth-order valence-corrected chi connectivity index (χ4v) is 4.44. The van der Waals surface area contributed by atoms with Crippen molar-refractivity contribution in [3.8, 4) is 0 Å². The topological polar surface area (TPSA) is 105 Å². The maximum Gasteiger partial charge on any atom is 0.328 e. The zero-order valence-corrected chi connectivity index (χ0v) is 21.7. The molecule has 1 heterocycles. The second-order valence-corrected chi connectivity index (χ2v) is 9.62. The van der Waals surface area contributed by atoms with E-state index in [1.54, 1.807) is 38.1 Å². The lowest BCUT2D eigenvalue weighted by Crippen LogP contribution is -2.54. The van der Waals surface area contributed by atoms with Crippen molar-refractivity contribution in [3.63, 3.8) is 0 Å². The van der Waals surface area contributed by atoms with Crippen LogP contribution in [0, 0.1) is 17.6 Å². The second-order valence-electron chi connectivity index (χ2n) is 9.62. The molecule has 10 heteroatoms. The van der Waals surface area contributed by atoms with E-state index in [-0.39, 0.29) is 37.3 Å². The van der Waals surface area contributed by atoms with Gasteiger partial charge in [-0.2, -0.15) is 0 Å². The minimum atomic E-state index is -1.23. The third-order valence-corrected chi connectivity index (χ3v) is 6.50. The van der Waals surface area contributed by atoms with E-state index in [0.717, 1.165) is 11.6 Å². The van der Waals surface area contributed by atoms with Crippen LogP contribution in [0.1, 0.15) is 44.2 Å². The van der Waals surface area contributed by atoms with Crippen molar-refractivity contribution in [2.45, 2.75) is 64.2 Å². The van der Waals surface area contributed by atoms with Crippen molar-refractivity contribution < 1.29 is 34.1 Å². The van der Waals surface area contributed by atoms with E-state index < -0.39 is 53.5 Å². The van der Waals surface area contributed by atoms with Gasteiger partial charge in [0.15, 0.2) is 13.0 Å². The molecule has 2 N–H and O–H groups in total. The Morgan fingerprint density at radius 1 is 1.13 bits per heavy atom. The zero-order chi connectivity index (χ0) is 28.7. The summed E-state index contributed by atoms with van der Waals surface area (Å²) in [5, 5.41) is 3.19. The molecule has 1 fully saturated rings. The standard InChI is InChI=1S/C28H33F2N3O5/c1-17(2)26(27(36)31-22(28(37)38-3)14-18-8-5-4-6-9-18)32-23(34)15-20-12-13-24(35)33(20)16-19-10-7-11-21(29)25(19)30/h4-11,17,20,22,26H,12-16H2,1-3H3,(H,31,36)(H,32,34)/t20-,22-,26-/m0/s1/i/hD. The Balaban J connectivity index is 1.71. The molecule has 0 saturated carbocycles. The number of halogens is 2. The molecule has 3 rings (SSSR count). The Morgan fingerprint density at radius 3 is 2.50 bits per heavy atom. The quantitative estimate of drug-likeness (QED) is 0.435. The lowest BCUT2D eigenvalue weighted by atomic mass is 10.0. The second kappa shape index (κ2) is 13.1. The number of hydrogen-bond acceptors (Lipinski definition) is 5. The first kappa shape index (κ1) is 27.2. The third kappa shape index (κ3) is 7.36. The number of rotatable bonds is 11. The number of benzene rings is 2. The molecule has 2 aromatic rings. The van der Waals surface area contributed by atoms with Crippen LogP contribution >= 0.6 is 0 Å². The predicted octanol–water partition coefficient (Wildman–Crippen LogP) is 2.89. The third-order valence-electron chi connectivity index (χ3n) is 6.50. The number of esters is 1. The molecule has 8 nitrogen and oxygen atoms in total. The summed E-state index contributed by atoms with van der Waals surface area (Å²) in [5.41, 5.74) is 0.769. The summed E-state index contributed by atoms with van der Waals surface area (Å²) in [6.45, 7) is 3.12. The molecule has 3 atom stereocenters. The van der Waals surface area contributed by atoms with Crippen LogP contribution < -0.4 is 10.6 Å². The van der Waals surface area contributed by atoms with Gasteiger partial charge in [0.05, 0.1) is 7.11 Å². The molecule has 0 bridgehead atoms. The average molecular weight is 531 g/mol. The molecule has 0 spiro atoms. The molecular formula is C28H33F2N3O5. The Morgan fingerprint density at radius 2 is 1.84 bits per heavy atom. The zero-order valence-electron chi connectivity index (χ0n) is 22.7. The Hall–Kier alpha value is -3.82. The number of nitrogens with one attached hydrogen (secondary N) is 2. The van der Waals surface area contributed by atoms with Gasteiger partial charge in [-0.1, -0.05) is 56.3 Å². The first-order chi connectivity index (χ1) is 18.5. The lowest BCUT2D eigenvalue weighted by Gasteiger charge is -2.27. The maximum atomic E-state index is 14.2. The number of amides is 3. The van der Waals surface area contributed by atoms with Gasteiger partial charge in [0.2, 0.25) is 17.7 Å². The molecule has 0 radical (unpaired) electrons. The van der Waals surface area contributed by atoms with Crippen molar-refractivity contribution in [1.82, 2.24) is 15.5 Å². The Labute approximate surface area is 222 Å². The van der Waals surface area contributed by atoms with Gasteiger partial charge in [-0.05, 0) is 24.0 Å². The SMILES string of the molecule is [2H]N(C(=O)C[C@@H]1CCC(=O)N1Cc1cccc(F)c1F)[C@H](C(=O)N[C@@H](Cc1ccccc1)C(=O)OC)C(C)C. The molecular weight excluding hydrogens is 496 g/mol. The summed E-state index contributed by atoms with van der Waals surface area (Å²) in [6, 6.07) is 9.80. The van der Waals surface area contributed by atoms with Crippen LogP contribution in [0.2, 0.25) is 1.41 Å². The smallest absolute Gasteiger partial charge is 0.328 e. The van der Waals surface area contributed by atoms with Gasteiger partial charge in [0, 0.05) is 37.4 Å². The predicted molar refractivity (Wildman–Crippen MR) is 135 cm³/mol. The first-order valence-electron chi connectivity index (χ1n) is 12.9. The highest BCUT2D eigenvalue weighted by Crippen LogP contribution is 2.25. The van der Waals surface area contributed by atoms with Crippen LogP contribution in [0.3, 0.4) is 0 Å². The number of carbonyl (C=O) groups is 4. The van der Waals surface area contributed by atoms with Gasteiger partial charge in [0.1, 0.15) is 12.1 Å². The molecule has 0 unspecified atom stereocenters. The summed E-state index contributed by atoms with van der Waals surface area (Å²) in [7, 11) is 1.21. The van der Waals surface area contributed by atoms with E-state index >= 15 is 0 Å². The number of carbonyl (C=O) groups excluding carboxylic acids is 4. The molecule has 3 amide bonds. The van der Waals surface area contributed by atoms with E-state index in [4.69, 9.17) is 6.15 Å². The van der Waals surface area contributed by atoms with Gasteiger partial charge < -0.3 is 20.3 Å². The van der Waals surface area contributed by atoms with Crippen LogP contribution in [0.15, 0.2) is 48.5 Å². The van der Waals surface area contributed by atoms with Gasteiger partial charge in [0.25, 0.3) is 0 Å². The number of methoxy groups -OCH3 is 1. The summed E-state index contributed by atoms with van der Waals surface area (Å²) in [4.78, 5) is 52.6. The highest BCUT2D eigenvalue weighted by Gasteiger charge is 2.35. The normalized spacial score (nSPS) is 17.1. The fourth-order valence-electron chi connectivity index (χ4n) is 4.44. The van der Waals surface area contributed by atoms with Gasteiger partial charge >= 0.3 is 5.97 Å². The van der Waals surface area contributed by atoms with E-state index in [1.165, 1.54) is 24.1 Å². The number of hydrogen-bond donors (Lipinski definition) is 2. The van der Waals surface area contributed by atoms with Crippen molar-refractivity contribution >= 4 is 23.7 Å². The number of likely N-dealkylation sites (tertiary alicyclic amines) is 1. The highest BCUT2D eigenvalue weighted by molar-refractivity contribution is 5.91. The van der Waals surface area contributed by atoms with E-state index in [0.29, 0.717) is 11.7 Å². The molecule has 1 aliphatic rings. The molecule has 0 aliphatic carbocycles.